The van der Waals surface area contributed by atoms with Gasteiger partial charge in [0.05, 0.1) is 12.8 Å². The summed E-state index contributed by atoms with van der Waals surface area (Å²) in [4.78, 5) is 6.83. The molecule has 1 aliphatic heterocycles. The van der Waals surface area contributed by atoms with Crippen LogP contribution in [0.15, 0.2) is 60.8 Å². The first kappa shape index (κ1) is 17.6. The van der Waals surface area contributed by atoms with Gasteiger partial charge in [0.25, 0.3) is 0 Å². The Morgan fingerprint density at radius 2 is 1.93 bits per heavy atom. The second-order valence-electron chi connectivity index (χ2n) is 6.91. The van der Waals surface area contributed by atoms with Crippen LogP contribution in [0.2, 0.25) is 0 Å². The summed E-state index contributed by atoms with van der Waals surface area (Å²) in [6.07, 6.45) is 1.84. The number of hydrogen-bond acceptors (Lipinski definition) is 4. The number of benzene rings is 2. The average molecular weight is 360 g/mol. The SMILES string of the molecule is COc1cc(-c2ccc(C)cc2)cc2c1OCCN(Cc1ccccn1)C2. The van der Waals surface area contributed by atoms with E-state index in [9.17, 15) is 0 Å². The zero-order valence-corrected chi connectivity index (χ0v) is 15.8. The molecule has 4 heteroatoms. The lowest BCUT2D eigenvalue weighted by Crippen LogP contribution is -2.25. The summed E-state index contributed by atoms with van der Waals surface area (Å²) in [5.41, 5.74) is 5.81. The average Bonchev–Trinajstić information content (AvgIpc) is 2.90. The van der Waals surface area contributed by atoms with Crippen LogP contribution in [-0.4, -0.2) is 30.1 Å². The van der Waals surface area contributed by atoms with Crippen molar-refractivity contribution in [2.75, 3.05) is 20.3 Å². The van der Waals surface area contributed by atoms with Crippen molar-refractivity contribution >= 4 is 0 Å². The third-order valence-electron chi connectivity index (χ3n) is 4.90. The molecule has 1 aromatic heterocycles. The second-order valence-corrected chi connectivity index (χ2v) is 6.91. The summed E-state index contributed by atoms with van der Waals surface area (Å²) < 4.78 is 11.7. The van der Waals surface area contributed by atoms with Gasteiger partial charge in [0.1, 0.15) is 6.61 Å². The maximum absolute atomic E-state index is 6.06. The van der Waals surface area contributed by atoms with Gasteiger partial charge in [0.2, 0.25) is 0 Å². The van der Waals surface area contributed by atoms with Crippen molar-refractivity contribution in [2.45, 2.75) is 20.0 Å². The Bertz CT molecular complexity index is 908. The van der Waals surface area contributed by atoms with Crippen molar-refractivity contribution < 1.29 is 9.47 Å². The van der Waals surface area contributed by atoms with Gasteiger partial charge in [-0.15, -0.1) is 0 Å². The van der Waals surface area contributed by atoms with E-state index in [0.717, 1.165) is 48.0 Å². The molecule has 0 bridgehead atoms. The lowest BCUT2D eigenvalue weighted by Gasteiger charge is -2.19. The molecule has 0 spiro atoms. The van der Waals surface area contributed by atoms with Crippen molar-refractivity contribution in [3.8, 4) is 22.6 Å². The maximum atomic E-state index is 6.06. The van der Waals surface area contributed by atoms with Crippen molar-refractivity contribution in [2.24, 2.45) is 0 Å². The van der Waals surface area contributed by atoms with Gasteiger partial charge in [-0.1, -0.05) is 35.9 Å². The predicted octanol–water partition coefficient (Wildman–Crippen LogP) is 4.46. The molecule has 0 N–H and O–H groups in total. The summed E-state index contributed by atoms with van der Waals surface area (Å²) in [6, 6.07) is 18.9. The first-order valence-electron chi connectivity index (χ1n) is 9.26. The lowest BCUT2D eigenvalue weighted by molar-refractivity contribution is 0.215. The minimum absolute atomic E-state index is 0.639. The van der Waals surface area contributed by atoms with Crippen LogP contribution in [0.25, 0.3) is 11.1 Å². The topological polar surface area (TPSA) is 34.6 Å². The van der Waals surface area contributed by atoms with Gasteiger partial charge in [-0.25, -0.2) is 0 Å². The molecule has 0 radical (unpaired) electrons. The van der Waals surface area contributed by atoms with Crippen LogP contribution in [0.3, 0.4) is 0 Å². The van der Waals surface area contributed by atoms with E-state index < -0.39 is 0 Å². The van der Waals surface area contributed by atoms with E-state index in [0.29, 0.717) is 6.61 Å². The van der Waals surface area contributed by atoms with Gasteiger partial charge in [0.15, 0.2) is 11.5 Å². The highest BCUT2D eigenvalue weighted by molar-refractivity contribution is 5.69. The zero-order chi connectivity index (χ0) is 18.6. The molecular weight excluding hydrogens is 336 g/mol. The van der Waals surface area contributed by atoms with Crippen LogP contribution in [0.4, 0.5) is 0 Å². The third kappa shape index (κ3) is 3.96. The maximum Gasteiger partial charge on any atom is 0.165 e. The normalized spacial score (nSPS) is 14.1. The van der Waals surface area contributed by atoms with Crippen molar-refractivity contribution in [3.05, 3.63) is 77.6 Å². The van der Waals surface area contributed by atoms with Gasteiger partial charge < -0.3 is 9.47 Å². The van der Waals surface area contributed by atoms with E-state index in [2.05, 4.69) is 59.3 Å². The Morgan fingerprint density at radius 1 is 1.07 bits per heavy atom. The molecule has 4 nitrogen and oxygen atoms in total. The number of methoxy groups -OCH3 is 1. The van der Waals surface area contributed by atoms with Crippen molar-refractivity contribution in [3.63, 3.8) is 0 Å². The number of nitrogens with zero attached hydrogens (tertiary/aromatic N) is 2. The van der Waals surface area contributed by atoms with E-state index in [-0.39, 0.29) is 0 Å². The molecule has 0 aliphatic carbocycles. The highest BCUT2D eigenvalue weighted by Crippen LogP contribution is 2.38. The molecule has 27 heavy (non-hydrogen) atoms. The molecule has 0 fully saturated rings. The number of pyridine rings is 1. The lowest BCUT2D eigenvalue weighted by atomic mass is 10.0. The standard InChI is InChI=1S/C23H24N2O2/c1-17-6-8-18(9-7-17)19-13-20-15-25(16-21-5-3-4-10-24-21)11-12-27-23(20)22(14-19)26-2/h3-10,13-14H,11-12,15-16H2,1-2H3. The van der Waals surface area contributed by atoms with Gasteiger partial charge in [-0.05, 0) is 42.3 Å². The van der Waals surface area contributed by atoms with Crippen LogP contribution < -0.4 is 9.47 Å². The predicted molar refractivity (Wildman–Crippen MR) is 107 cm³/mol. The first-order valence-corrected chi connectivity index (χ1v) is 9.26. The molecule has 0 atom stereocenters. The molecule has 0 saturated heterocycles. The third-order valence-corrected chi connectivity index (χ3v) is 4.90. The minimum atomic E-state index is 0.639. The van der Waals surface area contributed by atoms with E-state index in [1.165, 1.54) is 11.1 Å². The van der Waals surface area contributed by atoms with Crippen LogP contribution in [0.5, 0.6) is 11.5 Å². The fourth-order valence-corrected chi connectivity index (χ4v) is 3.46. The molecule has 0 unspecified atom stereocenters. The molecule has 138 valence electrons. The number of aryl methyl sites for hydroxylation is 1. The molecule has 0 amide bonds. The summed E-state index contributed by atoms with van der Waals surface area (Å²) in [5, 5.41) is 0. The molecule has 0 saturated carbocycles. The van der Waals surface area contributed by atoms with E-state index in [4.69, 9.17) is 9.47 Å². The Labute approximate surface area is 160 Å². The van der Waals surface area contributed by atoms with Crippen LogP contribution in [-0.2, 0) is 13.1 Å². The van der Waals surface area contributed by atoms with Gasteiger partial charge in [-0.2, -0.15) is 0 Å². The zero-order valence-electron chi connectivity index (χ0n) is 15.8. The van der Waals surface area contributed by atoms with Gasteiger partial charge in [0, 0.05) is 31.4 Å². The Morgan fingerprint density at radius 3 is 2.67 bits per heavy atom. The van der Waals surface area contributed by atoms with Gasteiger partial charge in [-0.3, -0.25) is 9.88 Å². The Hall–Kier alpha value is -2.85. The monoisotopic (exact) mass is 360 g/mol. The molecule has 2 heterocycles. The fraction of sp³-hybridized carbons (Fsp3) is 0.261. The highest BCUT2D eigenvalue weighted by Gasteiger charge is 2.21. The van der Waals surface area contributed by atoms with E-state index in [1.54, 1.807) is 7.11 Å². The number of rotatable bonds is 4. The Balaban J connectivity index is 1.67. The summed E-state index contributed by atoms with van der Waals surface area (Å²) >= 11 is 0. The highest BCUT2D eigenvalue weighted by atomic mass is 16.5. The summed E-state index contributed by atoms with van der Waals surface area (Å²) in [6.45, 7) is 5.21. The van der Waals surface area contributed by atoms with Crippen molar-refractivity contribution in [1.82, 2.24) is 9.88 Å². The number of aromatic nitrogens is 1. The quantitative estimate of drug-likeness (QED) is 0.688. The molecule has 1 aliphatic rings. The summed E-state index contributed by atoms with van der Waals surface area (Å²) in [7, 11) is 1.70. The minimum Gasteiger partial charge on any atom is -0.493 e. The molecule has 2 aromatic carbocycles. The molecular formula is C23H24N2O2. The molecule has 4 rings (SSSR count). The van der Waals surface area contributed by atoms with E-state index in [1.807, 2.05) is 18.3 Å². The van der Waals surface area contributed by atoms with Crippen LogP contribution >= 0.6 is 0 Å². The number of fused-ring (bicyclic) bond motifs is 1. The van der Waals surface area contributed by atoms with Crippen LogP contribution in [0.1, 0.15) is 16.8 Å². The largest absolute Gasteiger partial charge is 0.493 e. The molecule has 3 aromatic rings. The van der Waals surface area contributed by atoms with Crippen molar-refractivity contribution in [1.29, 1.82) is 0 Å². The fourth-order valence-electron chi connectivity index (χ4n) is 3.46. The van der Waals surface area contributed by atoms with Crippen LogP contribution in [0, 0.1) is 6.92 Å². The second kappa shape index (κ2) is 7.80. The van der Waals surface area contributed by atoms with Gasteiger partial charge >= 0.3 is 0 Å². The number of ether oxygens (including phenoxy) is 2. The smallest absolute Gasteiger partial charge is 0.165 e. The first-order chi connectivity index (χ1) is 13.2. The van der Waals surface area contributed by atoms with E-state index >= 15 is 0 Å². The summed E-state index contributed by atoms with van der Waals surface area (Å²) in [5.74, 6) is 1.65. The number of hydrogen-bond donors (Lipinski definition) is 0. The Kier molecular flexibility index (Phi) is 5.07.